The maximum Gasteiger partial charge on any atom is 0.257 e. The second-order valence-corrected chi connectivity index (χ2v) is 4.41. The van der Waals surface area contributed by atoms with Crippen LogP contribution in [0.15, 0.2) is 36.4 Å². The van der Waals surface area contributed by atoms with Crippen molar-refractivity contribution >= 4 is 17.3 Å². The van der Waals surface area contributed by atoms with Gasteiger partial charge in [0, 0.05) is 23.5 Å². The van der Waals surface area contributed by atoms with Gasteiger partial charge in [-0.15, -0.1) is 0 Å². The molecule has 0 heterocycles. The SMILES string of the molecule is COc1ccc(C(=O)Nc2ccc(C)c(O)c2)c(N)c1. The highest BCUT2D eigenvalue weighted by Crippen LogP contribution is 2.23. The summed E-state index contributed by atoms with van der Waals surface area (Å²) in [5, 5.41) is 12.3. The summed E-state index contributed by atoms with van der Waals surface area (Å²) in [6.07, 6.45) is 0. The Morgan fingerprint density at radius 2 is 2.00 bits per heavy atom. The lowest BCUT2D eigenvalue weighted by Gasteiger charge is -2.09. The highest BCUT2D eigenvalue weighted by Gasteiger charge is 2.11. The number of nitrogen functional groups attached to an aromatic ring is 1. The van der Waals surface area contributed by atoms with Gasteiger partial charge in [0.1, 0.15) is 11.5 Å². The number of carbonyl (C=O) groups is 1. The molecule has 0 aromatic heterocycles. The molecular formula is C15H16N2O3. The van der Waals surface area contributed by atoms with Crippen LogP contribution in [0, 0.1) is 6.92 Å². The zero-order chi connectivity index (χ0) is 14.7. The molecule has 20 heavy (non-hydrogen) atoms. The van der Waals surface area contributed by atoms with Gasteiger partial charge in [-0.05, 0) is 30.7 Å². The lowest BCUT2D eigenvalue weighted by Crippen LogP contribution is -2.14. The topological polar surface area (TPSA) is 84.6 Å². The monoisotopic (exact) mass is 272 g/mol. The molecule has 104 valence electrons. The van der Waals surface area contributed by atoms with Crippen LogP contribution in [0.2, 0.25) is 0 Å². The fraction of sp³-hybridized carbons (Fsp3) is 0.133. The second kappa shape index (κ2) is 5.52. The van der Waals surface area contributed by atoms with E-state index < -0.39 is 0 Å². The first-order valence-electron chi connectivity index (χ1n) is 6.05. The molecule has 0 saturated carbocycles. The van der Waals surface area contributed by atoms with E-state index in [0.29, 0.717) is 22.7 Å². The van der Waals surface area contributed by atoms with E-state index in [1.807, 2.05) is 0 Å². The van der Waals surface area contributed by atoms with Gasteiger partial charge in [0.15, 0.2) is 0 Å². The van der Waals surface area contributed by atoms with Crippen LogP contribution in [-0.2, 0) is 0 Å². The highest BCUT2D eigenvalue weighted by molar-refractivity contribution is 6.07. The van der Waals surface area contributed by atoms with Gasteiger partial charge in [0.25, 0.3) is 5.91 Å². The first-order chi connectivity index (χ1) is 9.51. The number of benzene rings is 2. The number of phenols is 1. The number of aryl methyl sites for hydroxylation is 1. The Hall–Kier alpha value is -2.69. The third-order valence-electron chi connectivity index (χ3n) is 2.97. The zero-order valence-electron chi connectivity index (χ0n) is 11.3. The summed E-state index contributed by atoms with van der Waals surface area (Å²) >= 11 is 0. The van der Waals surface area contributed by atoms with Crippen molar-refractivity contribution in [3.63, 3.8) is 0 Å². The molecule has 5 nitrogen and oxygen atoms in total. The molecule has 4 N–H and O–H groups in total. The van der Waals surface area contributed by atoms with Crippen LogP contribution in [0.25, 0.3) is 0 Å². The highest BCUT2D eigenvalue weighted by atomic mass is 16.5. The van der Waals surface area contributed by atoms with Crippen LogP contribution in [0.4, 0.5) is 11.4 Å². The molecule has 0 atom stereocenters. The van der Waals surface area contributed by atoms with Crippen molar-refractivity contribution in [3.05, 3.63) is 47.5 Å². The molecule has 2 aromatic carbocycles. The fourth-order valence-electron chi connectivity index (χ4n) is 1.76. The van der Waals surface area contributed by atoms with Crippen molar-refractivity contribution in [2.75, 3.05) is 18.2 Å². The van der Waals surface area contributed by atoms with Crippen LogP contribution in [-0.4, -0.2) is 18.1 Å². The number of ether oxygens (including phenoxy) is 1. The maximum atomic E-state index is 12.1. The van der Waals surface area contributed by atoms with Crippen LogP contribution >= 0.6 is 0 Å². The third kappa shape index (κ3) is 2.83. The number of hydrogen-bond donors (Lipinski definition) is 3. The molecule has 1 amide bonds. The number of aromatic hydroxyl groups is 1. The Bertz CT molecular complexity index is 654. The summed E-state index contributed by atoms with van der Waals surface area (Å²) in [5.74, 6) is 0.380. The van der Waals surface area contributed by atoms with Gasteiger partial charge in [0.2, 0.25) is 0 Å². The van der Waals surface area contributed by atoms with Crippen molar-refractivity contribution in [3.8, 4) is 11.5 Å². The summed E-state index contributed by atoms with van der Waals surface area (Å²) < 4.78 is 5.03. The smallest absolute Gasteiger partial charge is 0.257 e. The van der Waals surface area contributed by atoms with E-state index in [2.05, 4.69) is 5.32 Å². The molecule has 2 rings (SSSR count). The van der Waals surface area contributed by atoms with Gasteiger partial charge in [-0.1, -0.05) is 6.07 Å². The van der Waals surface area contributed by atoms with Gasteiger partial charge in [-0.3, -0.25) is 4.79 Å². The Morgan fingerprint density at radius 3 is 2.60 bits per heavy atom. The molecule has 0 bridgehead atoms. The molecule has 0 saturated heterocycles. The fourth-order valence-corrected chi connectivity index (χ4v) is 1.76. The largest absolute Gasteiger partial charge is 0.508 e. The molecule has 0 aliphatic heterocycles. The summed E-state index contributed by atoms with van der Waals surface area (Å²) in [6, 6.07) is 9.78. The van der Waals surface area contributed by atoms with Crippen molar-refractivity contribution in [1.82, 2.24) is 0 Å². The molecule has 0 aliphatic rings. The lowest BCUT2D eigenvalue weighted by atomic mass is 10.1. The number of anilines is 2. The Balaban J connectivity index is 2.21. The Morgan fingerprint density at radius 1 is 1.25 bits per heavy atom. The predicted octanol–water partition coefficient (Wildman–Crippen LogP) is 2.54. The quantitative estimate of drug-likeness (QED) is 0.750. The molecule has 5 heteroatoms. The standard InChI is InChI=1S/C15H16N2O3/c1-9-3-4-10(7-14(9)18)17-15(19)12-6-5-11(20-2)8-13(12)16/h3-8,18H,16H2,1-2H3,(H,17,19). The first-order valence-corrected chi connectivity index (χ1v) is 6.05. The number of methoxy groups -OCH3 is 1. The van der Waals surface area contributed by atoms with Crippen LogP contribution in [0.3, 0.4) is 0 Å². The number of hydrogen-bond acceptors (Lipinski definition) is 4. The van der Waals surface area contributed by atoms with E-state index in [1.165, 1.54) is 13.2 Å². The van der Waals surface area contributed by atoms with E-state index in [-0.39, 0.29) is 11.7 Å². The second-order valence-electron chi connectivity index (χ2n) is 4.41. The third-order valence-corrected chi connectivity index (χ3v) is 2.97. The summed E-state index contributed by atoms with van der Waals surface area (Å²) in [6.45, 7) is 1.78. The van der Waals surface area contributed by atoms with E-state index in [0.717, 1.165) is 5.56 Å². The molecule has 0 unspecified atom stereocenters. The van der Waals surface area contributed by atoms with E-state index in [9.17, 15) is 9.90 Å². The number of nitrogens with one attached hydrogen (secondary N) is 1. The summed E-state index contributed by atoms with van der Waals surface area (Å²) in [5.41, 5.74) is 7.75. The van der Waals surface area contributed by atoms with E-state index in [1.54, 1.807) is 37.3 Å². The van der Waals surface area contributed by atoms with Crippen molar-refractivity contribution in [2.45, 2.75) is 6.92 Å². The minimum Gasteiger partial charge on any atom is -0.508 e. The Kier molecular flexibility index (Phi) is 3.79. The van der Waals surface area contributed by atoms with E-state index in [4.69, 9.17) is 10.5 Å². The zero-order valence-corrected chi connectivity index (χ0v) is 11.3. The average molecular weight is 272 g/mol. The van der Waals surface area contributed by atoms with Gasteiger partial charge in [0.05, 0.1) is 12.7 Å². The number of phenolic OH excluding ortho intramolecular Hbond substituents is 1. The number of rotatable bonds is 3. The number of carbonyl (C=O) groups excluding carboxylic acids is 1. The van der Waals surface area contributed by atoms with Crippen LogP contribution in [0.1, 0.15) is 15.9 Å². The van der Waals surface area contributed by atoms with Gasteiger partial charge < -0.3 is 20.9 Å². The van der Waals surface area contributed by atoms with Crippen molar-refractivity contribution in [1.29, 1.82) is 0 Å². The normalized spacial score (nSPS) is 10.1. The van der Waals surface area contributed by atoms with Gasteiger partial charge in [-0.25, -0.2) is 0 Å². The summed E-state index contributed by atoms with van der Waals surface area (Å²) in [4.78, 5) is 12.1. The minimum atomic E-state index is -0.339. The van der Waals surface area contributed by atoms with Crippen molar-refractivity contribution < 1.29 is 14.6 Å². The van der Waals surface area contributed by atoms with Crippen LogP contribution < -0.4 is 15.8 Å². The molecule has 0 radical (unpaired) electrons. The number of nitrogens with two attached hydrogens (primary N) is 1. The molecule has 0 fully saturated rings. The molecule has 0 spiro atoms. The molecule has 2 aromatic rings. The Labute approximate surface area is 117 Å². The number of amides is 1. The van der Waals surface area contributed by atoms with Crippen molar-refractivity contribution in [2.24, 2.45) is 0 Å². The van der Waals surface area contributed by atoms with Crippen LogP contribution in [0.5, 0.6) is 11.5 Å². The van der Waals surface area contributed by atoms with Gasteiger partial charge in [-0.2, -0.15) is 0 Å². The average Bonchev–Trinajstić information content (AvgIpc) is 2.42. The minimum absolute atomic E-state index is 0.130. The maximum absolute atomic E-state index is 12.1. The predicted molar refractivity (Wildman–Crippen MR) is 78.2 cm³/mol. The van der Waals surface area contributed by atoms with Gasteiger partial charge >= 0.3 is 0 Å². The summed E-state index contributed by atoms with van der Waals surface area (Å²) in [7, 11) is 1.53. The first kappa shape index (κ1) is 13.7. The molecule has 0 aliphatic carbocycles. The van der Waals surface area contributed by atoms with E-state index >= 15 is 0 Å². The lowest BCUT2D eigenvalue weighted by molar-refractivity contribution is 0.102. The molecular weight excluding hydrogens is 256 g/mol.